The lowest BCUT2D eigenvalue weighted by molar-refractivity contribution is -0.130. The van der Waals surface area contributed by atoms with Gasteiger partial charge in [0.15, 0.2) is 11.5 Å². The van der Waals surface area contributed by atoms with Crippen LogP contribution in [0.2, 0.25) is 0 Å². The molecule has 0 radical (unpaired) electrons. The number of carbonyl (C=O) groups excluding carboxylic acids is 3. The van der Waals surface area contributed by atoms with Crippen LogP contribution in [0.4, 0.5) is 4.79 Å². The van der Waals surface area contributed by atoms with Crippen molar-refractivity contribution in [3.05, 3.63) is 23.8 Å². The summed E-state index contributed by atoms with van der Waals surface area (Å²) in [6, 6.07) is 4.94. The molecule has 0 unspecified atom stereocenters. The second kappa shape index (κ2) is 12.8. The smallest absolute Gasteiger partial charge is 0.409 e. The second-order valence-electron chi connectivity index (χ2n) is 7.90. The Morgan fingerprint density at radius 3 is 2.31 bits per heavy atom. The Labute approximate surface area is 190 Å². The molecule has 1 aliphatic rings. The molecule has 0 bridgehead atoms. The first-order chi connectivity index (χ1) is 15.3. The monoisotopic (exact) mass is 449 g/mol. The maximum Gasteiger partial charge on any atom is 0.409 e. The first-order valence-corrected chi connectivity index (χ1v) is 11.2. The summed E-state index contributed by atoms with van der Waals surface area (Å²) in [5.74, 6) is 0.781. The third-order valence-electron chi connectivity index (χ3n) is 4.85. The summed E-state index contributed by atoms with van der Waals surface area (Å²) in [5, 5.41) is 2.67. The number of ether oxygens (including phenoxy) is 3. The van der Waals surface area contributed by atoms with E-state index in [0.717, 1.165) is 0 Å². The minimum atomic E-state index is -0.365. The van der Waals surface area contributed by atoms with Crippen LogP contribution < -0.4 is 14.8 Å². The van der Waals surface area contributed by atoms with Gasteiger partial charge in [0, 0.05) is 31.7 Å². The maximum absolute atomic E-state index is 12.6. The lowest BCUT2D eigenvalue weighted by atomic mass is 10.2. The Morgan fingerprint density at radius 2 is 1.62 bits per heavy atom. The molecule has 2 rings (SSSR count). The van der Waals surface area contributed by atoms with E-state index in [1.807, 2.05) is 27.7 Å². The normalized spacial score (nSPS) is 14.0. The highest BCUT2D eigenvalue weighted by Gasteiger charge is 2.23. The molecule has 1 fully saturated rings. The fraction of sp³-hybridized carbons (Fsp3) is 0.609. The molecular weight excluding hydrogens is 414 g/mol. The van der Waals surface area contributed by atoms with Crippen molar-refractivity contribution in [2.24, 2.45) is 5.92 Å². The van der Waals surface area contributed by atoms with Gasteiger partial charge in [-0.2, -0.15) is 0 Å². The molecule has 3 amide bonds. The van der Waals surface area contributed by atoms with Gasteiger partial charge in [-0.05, 0) is 44.4 Å². The summed E-state index contributed by atoms with van der Waals surface area (Å²) in [5.41, 5.74) is 0.389. The fourth-order valence-electron chi connectivity index (χ4n) is 3.24. The third kappa shape index (κ3) is 7.62. The van der Waals surface area contributed by atoms with Gasteiger partial charge in [-0.25, -0.2) is 4.79 Å². The molecule has 1 aromatic carbocycles. The van der Waals surface area contributed by atoms with E-state index in [1.54, 1.807) is 28.0 Å². The second-order valence-corrected chi connectivity index (χ2v) is 7.90. The number of benzene rings is 1. The molecule has 1 aromatic rings. The Morgan fingerprint density at radius 1 is 0.969 bits per heavy atom. The molecule has 9 nitrogen and oxygen atoms in total. The van der Waals surface area contributed by atoms with Crippen molar-refractivity contribution in [1.82, 2.24) is 15.1 Å². The predicted octanol–water partition coefficient (Wildman–Crippen LogP) is 2.54. The molecule has 1 heterocycles. The van der Waals surface area contributed by atoms with E-state index in [0.29, 0.717) is 69.5 Å². The zero-order valence-electron chi connectivity index (χ0n) is 19.5. The van der Waals surface area contributed by atoms with Gasteiger partial charge in [0.1, 0.15) is 0 Å². The van der Waals surface area contributed by atoms with Crippen molar-refractivity contribution in [2.45, 2.75) is 34.1 Å². The molecule has 0 aromatic heterocycles. The van der Waals surface area contributed by atoms with Crippen molar-refractivity contribution in [3.8, 4) is 11.5 Å². The van der Waals surface area contributed by atoms with Crippen molar-refractivity contribution < 1.29 is 28.6 Å². The van der Waals surface area contributed by atoms with Gasteiger partial charge >= 0.3 is 6.09 Å². The first kappa shape index (κ1) is 25.3. The topological polar surface area (TPSA) is 97.4 Å². The molecule has 0 spiro atoms. The summed E-state index contributed by atoms with van der Waals surface area (Å²) >= 11 is 0. The van der Waals surface area contributed by atoms with Crippen LogP contribution in [0.3, 0.4) is 0 Å². The molecule has 1 N–H and O–H groups in total. The van der Waals surface area contributed by atoms with E-state index >= 15 is 0 Å². The fourth-order valence-corrected chi connectivity index (χ4v) is 3.24. The number of rotatable bonds is 9. The maximum atomic E-state index is 12.6. The highest BCUT2D eigenvalue weighted by atomic mass is 16.6. The average molecular weight is 450 g/mol. The largest absolute Gasteiger partial charge is 0.490 e. The van der Waals surface area contributed by atoms with Gasteiger partial charge in [0.05, 0.1) is 26.4 Å². The molecule has 0 saturated carbocycles. The van der Waals surface area contributed by atoms with Crippen LogP contribution in [-0.4, -0.2) is 80.3 Å². The van der Waals surface area contributed by atoms with Crippen LogP contribution in [0.15, 0.2) is 18.2 Å². The lowest BCUT2D eigenvalue weighted by Crippen LogP contribution is -2.42. The highest BCUT2D eigenvalue weighted by Crippen LogP contribution is 2.28. The van der Waals surface area contributed by atoms with E-state index in [-0.39, 0.29) is 30.4 Å². The quantitative estimate of drug-likeness (QED) is 0.622. The molecule has 32 heavy (non-hydrogen) atoms. The predicted molar refractivity (Wildman–Crippen MR) is 120 cm³/mol. The minimum absolute atomic E-state index is 0.117. The van der Waals surface area contributed by atoms with E-state index in [1.165, 1.54) is 0 Å². The van der Waals surface area contributed by atoms with Gasteiger partial charge in [-0.3, -0.25) is 9.59 Å². The number of amides is 3. The highest BCUT2D eigenvalue weighted by molar-refractivity contribution is 5.97. The average Bonchev–Trinajstić information content (AvgIpc) is 3.03. The zero-order chi connectivity index (χ0) is 23.5. The molecule has 0 atom stereocenters. The van der Waals surface area contributed by atoms with Crippen molar-refractivity contribution >= 4 is 17.9 Å². The Hall–Kier alpha value is -2.97. The molecule has 178 valence electrons. The van der Waals surface area contributed by atoms with Crippen molar-refractivity contribution in [1.29, 1.82) is 0 Å². The Balaban J connectivity index is 1.87. The van der Waals surface area contributed by atoms with Crippen LogP contribution in [0.25, 0.3) is 0 Å². The number of carbonyl (C=O) groups is 3. The number of hydrogen-bond acceptors (Lipinski definition) is 6. The lowest BCUT2D eigenvalue weighted by Gasteiger charge is -2.22. The number of nitrogens with zero attached hydrogens (tertiary/aromatic N) is 2. The van der Waals surface area contributed by atoms with E-state index in [2.05, 4.69) is 5.32 Å². The SMILES string of the molecule is CCOc1ccc(C(=O)NCC(=O)N2CCCN(C(=O)OCC(C)C)CC2)cc1OCC. The van der Waals surface area contributed by atoms with E-state index < -0.39 is 0 Å². The minimum Gasteiger partial charge on any atom is -0.490 e. The van der Waals surface area contributed by atoms with Crippen molar-refractivity contribution in [2.75, 3.05) is 52.5 Å². The van der Waals surface area contributed by atoms with Crippen LogP contribution >= 0.6 is 0 Å². The Bertz CT molecular complexity index is 783. The third-order valence-corrected chi connectivity index (χ3v) is 4.85. The molecule has 0 aliphatic carbocycles. The standard InChI is InChI=1S/C23H35N3O6/c1-5-30-19-9-8-18(14-20(19)31-6-2)22(28)24-15-21(27)25-10-7-11-26(13-12-25)23(29)32-16-17(3)4/h8-9,14,17H,5-7,10-13,15-16H2,1-4H3,(H,24,28). The van der Waals surface area contributed by atoms with Crippen LogP contribution in [-0.2, 0) is 9.53 Å². The van der Waals surface area contributed by atoms with Crippen LogP contribution in [0, 0.1) is 5.92 Å². The van der Waals surface area contributed by atoms with Crippen molar-refractivity contribution in [3.63, 3.8) is 0 Å². The van der Waals surface area contributed by atoms with E-state index in [9.17, 15) is 14.4 Å². The van der Waals surface area contributed by atoms with Gasteiger partial charge in [-0.1, -0.05) is 13.8 Å². The van der Waals surface area contributed by atoms with Gasteiger partial charge < -0.3 is 29.3 Å². The molecular formula is C23H35N3O6. The van der Waals surface area contributed by atoms with Gasteiger partial charge in [-0.15, -0.1) is 0 Å². The molecule has 9 heteroatoms. The first-order valence-electron chi connectivity index (χ1n) is 11.2. The number of hydrogen-bond donors (Lipinski definition) is 1. The number of nitrogens with one attached hydrogen (secondary N) is 1. The van der Waals surface area contributed by atoms with Gasteiger partial charge in [0.25, 0.3) is 5.91 Å². The van der Waals surface area contributed by atoms with Crippen LogP contribution in [0.1, 0.15) is 44.5 Å². The Kier molecular flexibility index (Phi) is 10.1. The molecule has 1 saturated heterocycles. The summed E-state index contributed by atoms with van der Waals surface area (Å²) in [6.07, 6.45) is 0.314. The summed E-state index contributed by atoms with van der Waals surface area (Å²) in [6.45, 7) is 10.8. The zero-order valence-corrected chi connectivity index (χ0v) is 19.5. The summed E-state index contributed by atoms with van der Waals surface area (Å²) < 4.78 is 16.3. The van der Waals surface area contributed by atoms with Crippen LogP contribution in [0.5, 0.6) is 11.5 Å². The van der Waals surface area contributed by atoms with Gasteiger partial charge in [0.2, 0.25) is 5.91 Å². The van der Waals surface area contributed by atoms with E-state index in [4.69, 9.17) is 14.2 Å². The molecule has 1 aliphatic heterocycles. The summed E-state index contributed by atoms with van der Waals surface area (Å²) in [7, 11) is 0. The summed E-state index contributed by atoms with van der Waals surface area (Å²) in [4.78, 5) is 40.6.